The molecule has 0 aromatic carbocycles. The predicted octanol–water partition coefficient (Wildman–Crippen LogP) is 0.770. The molecule has 2 aromatic rings. The van der Waals surface area contributed by atoms with Gasteiger partial charge in [0.1, 0.15) is 5.75 Å². The van der Waals surface area contributed by atoms with Gasteiger partial charge in [-0.3, -0.25) is 14.0 Å². The molecule has 21 heavy (non-hydrogen) atoms. The Labute approximate surface area is 122 Å². The van der Waals surface area contributed by atoms with Crippen LogP contribution in [0.1, 0.15) is 6.92 Å². The summed E-state index contributed by atoms with van der Waals surface area (Å²) in [4.78, 5) is 16.2. The summed E-state index contributed by atoms with van der Waals surface area (Å²) >= 11 is 0. The normalized spacial score (nSPS) is 13.3. The van der Waals surface area contributed by atoms with Crippen molar-refractivity contribution in [2.45, 2.75) is 19.6 Å². The van der Waals surface area contributed by atoms with E-state index in [0.29, 0.717) is 16.8 Å². The van der Waals surface area contributed by atoms with Gasteiger partial charge in [0.15, 0.2) is 0 Å². The zero-order valence-corrected chi connectivity index (χ0v) is 12.8. The molecule has 7 nitrogen and oxygen atoms in total. The second-order valence-corrected chi connectivity index (χ2v) is 6.27. The summed E-state index contributed by atoms with van der Waals surface area (Å²) in [5.74, 6) is 0.513. The van der Waals surface area contributed by atoms with E-state index in [1.54, 1.807) is 25.3 Å². The Hall–Kier alpha value is -1.93. The number of hydrogen-bond donors (Lipinski definition) is 0. The van der Waals surface area contributed by atoms with Crippen LogP contribution in [0.2, 0.25) is 0 Å². The molecule has 0 N–H and O–H groups in total. The van der Waals surface area contributed by atoms with Gasteiger partial charge < -0.3 is 9.30 Å². The molecule has 1 atom stereocenters. The third-order valence-electron chi connectivity index (χ3n) is 2.83. The van der Waals surface area contributed by atoms with Crippen molar-refractivity contribution in [1.82, 2.24) is 9.55 Å². The highest BCUT2D eigenvalue weighted by atomic mass is 32.2. The van der Waals surface area contributed by atoms with Gasteiger partial charge in [0.2, 0.25) is 0 Å². The van der Waals surface area contributed by atoms with Crippen molar-refractivity contribution in [2.75, 3.05) is 13.4 Å². The van der Waals surface area contributed by atoms with Gasteiger partial charge in [0.05, 0.1) is 43.2 Å². The topological polar surface area (TPSA) is 87.5 Å². The number of pyridine rings is 2. The van der Waals surface area contributed by atoms with Gasteiger partial charge in [-0.15, -0.1) is 0 Å². The van der Waals surface area contributed by atoms with Crippen molar-refractivity contribution >= 4 is 21.2 Å². The van der Waals surface area contributed by atoms with E-state index in [0.717, 1.165) is 6.26 Å². The fraction of sp³-hybridized carbons (Fsp3) is 0.385. The molecule has 1 unspecified atom stereocenters. The van der Waals surface area contributed by atoms with Crippen LogP contribution in [0.4, 0.5) is 0 Å². The number of fused-ring (bicyclic) bond motifs is 1. The number of ether oxygens (including phenoxy) is 1. The predicted molar refractivity (Wildman–Crippen MR) is 77.9 cm³/mol. The number of methoxy groups -OCH3 is 1. The van der Waals surface area contributed by atoms with Gasteiger partial charge in [-0.25, -0.2) is 0 Å². The SMILES string of the molecule is COc1cnc2ccc(=O)n(CC(C)OS(C)(=O)=O)c2c1. The van der Waals surface area contributed by atoms with Crippen molar-refractivity contribution in [3.8, 4) is 5.75 Å². The Kier molecular flexibility index (Phi) is 4.29. The highest BCUT2D eigenvalue weighted by Crippen LogP contribution is 2.17. The summed E-state index contributed by atoms with van der Waals surface area (Å²) in [5.41, 5.74) is 0.911. The highest BCUT2D eigenvalue weighted by Gasteiger charge is 2.14. The molecule has 0 aliphatic heterocycles. The molecule has 0 saturated heterocycles. The third kappa shape index (κ3) is 3.79. The first kappa shape index (κ1) is 15.5. The summed E-state index contributed by atoms with van der Waals surface area (Å²) in [7, 11) is -2.07. The second kappa shape index (κ2) is 5.82. The molecule has 2 heterocycles. The number of aromatic nitrogens is 2. The van der Waals surface area contributed by atoms with Crippen LogP contribution in [0.15, 0.2) is 29.2 Å². The lowest BCUT2D eigenvalue weighted by Crippen LogP contribution is -2.27. The second-order valence-electron chi connectivity index (χ2n) is 4.67. The van der Waals surface area contributed by atoms with E-state index in [1.165, 1.54) is 17.7 Å². The van der Waals surface area contributed by atoms with Gasteiger partial charge >= 0.3 is 0 Å². The van der Waals surface area contributed by atoms with E-state index >= 15 is 0 Å². The van der Waals surface area contributed by atoms with Gasteiger partial charge in [-0.2, -0.15) is 8.42 Å². The first-order valence-electron chi connectivity index (χ1n) is 6.22. The first-order chi connectivity index (χ1) is 9.80. The molecule has 0 aliphatic rings. The Bertz CT molecular complexity index is 813. The maximum absolute atomic E-state index is 12.0. The fourth-order valence-corrected chi connectivity index (χ4v) is 2.69. The molecule has 0 aliphatic carbocycles. The van der Waals surface area contributed by atoms with Crippen LogP contribution in [0.3, 0.4) is 0 Å². The van der Waals surface area contributed by atoms with Crippen molar-refractivity contribution in [3.63, 3.8) is 0 Å². The molecule has 0 saturated carbocycles. The van der Waals surface area contributed by atoms with Crippen LogP contribution >= 0.6 is 0 Å². The van der Waals surface area contributed by atoms with Crippen LogP contribution in [-0.2, 0) is 20.8 Å². The minimum atomic E-state index is -3.58. The molecular weight excluding hydrogens is 296 g/mol. The Morgan fingerprint density at radius 1 is 1.38 bits per heavy atom. The molecule has 0 radical (unpaired) electrons. The average molecular weight is 312 g/mol. The summed E-state index contributed by atoms with van der Waals surface area (Å²) in [6.45, 7) is 1.68. The molecule has 0 amide bonds. The van der Waals surface area contributed by atoms with Crippen molar-refractivity contribution in [1.29, 1.82) is 0 Å². The van der Waals surface area contributed by atoms with E-state index in [-0.39, 0.29) is 12.1 Å². The van der Waals surface area contributed by atoms with Gasteiger partial charge in [0, 0.05) is 12.1 Å². The first-order valence-corrected chi connectivity index (χ1v) is 8.03. The van der Waals surface area contributed by atoms with Crippen LogP contribution in [-0.4, -0.2) is 37.4 Å². The van der Waals surface area contributed by atoms with E-state index < -0.39 is 16.2 Å². The summed E-state index contributed by atoms with van der Waals surface area (Å²) in [6, 6.07) is 4.67. The molecule has 2 rings (SSSR count). The maximum Gasteiger partial charge on any atom is 0.264 e. The van der Waals surface area contributed by atoms with Gasteiger partial charge in [0.25, 0.3) is 15.7 Å². The lowest BCUT2D eigenvalue weighted by molar-refractivity contribution is 0.209. The van der Waals surface area contributed by atoms with Crippen molar-refractivity contribution in [3.05, 3.63) is 34.7 Å². The van der Waals surface area contributed by atoms with Crippen LogP contribution < -0.4 is 10.3 Å². The van der Waals surface area contributed by atoms with Crippen molar-refractivity contribution < 1.29 is 17.3 Å². The number of hydrogen-bond acceptors (Lipinski definition) is 6. The highest BCUT2D eigenvalue weighted by molar-refractivity contribution is 7.86. The molecule has 0 spiro atoms. The zero-order chi connectivity index (χ0) is 15.6. The smallest absolute Gasteiger partial charge is 0.264 e. The molecule has 0 bridgehead atoms. The largest absolute Gasteiger partial charge is 0.495 e. The van der Waals surface area contributed by atoms with Gasteiger partial charge in [-0.05, 0) is 13.0 Å². The summed E-state index contributed by atoms with van der Waals surface area (Å²) in [6.07, 6.45) is 1.85. The zero-order valence-electron chi connectivity index (χ0n) is 11.9. The lowest BCUT2D eigenvalue weighted by atomic mass is 10.3. The summed E-state index contributed by atoms with van der Waals surface area (Å²) < 4.78 is 33.7. The maximum atomic E-state index is 12.0. The quantitative estimate of drug-likeness (QED) is 0.758. The van der Waals surface area contributed by atoms with E-state index in [1.807, 2.05) is 0 Å². The van der Waals surface area contributed by atoms with Crippen LogP contribution in [0.5, 0.6) is 5.75 Å². The Morgan fingerprint density at radius 3 is 2.71 bits per heavy atom. The standard InChI is InChI=1S/C13H16N2O5S/c1-9(20-21(3,17)18)8-15-12-6-10(19-2)7-14-11(12)4-5-13(15)16/h4-7,9H,8H2,1-3H3. The Balaban J connectivity index is 2.46. The average Bonchev–Trinajstić information content (AvgIpc) is 2.39. The molecule has 114 valence electrons. The minimum Gasteiger partial charge on any atom is -0.495 e. The third-order valence-corrected chi connectivity index (χ3v) is 3.51. The molecule has 0 fully saturated rings. The van der Waals surface area contributed by atoms with Crippen LogP contribution in [0, 0.1) is 0 Å². The van der Waals surface area contributed by atoms with E-state index in [9.17, 15) is 13.2 Å². The van der Waals surface area contributed by atoms with Gasteiger partial charge in [-0.1, -0.05) is 0 Å². The lowest BCUT2D eigenvalue weighted by Gasteiger charge is -2.15. The monoisotopic (exact) mass is 312 g/mol. The molecule has 8 heteroatoms. The summed E-state index contributed by atoms with van der Waals surface area (Å²) in [5, 5.41) is 0. The Morgan fingerprint density at radius 2 is 2.10 bits per heavy atom. The number of rotatable bonds is 5. The van der Waals surface area contributed by atoms with Crippen molar-refractivity contribution in [2.24, 2.45) is 0 Å². The van der Waals surface area contributed by atoms with E-state index in [4.69, 9.17) is 8.92 Å². The molecular formula is C13H16N2O5S. The fourth-order valence-electron chi connectivity index (χ4n) is 2.03. The minimum absolute atomic E-state index is 0.0953. The van der Waals surface area contributed by atoms with Crippen LogP contribution in [0.25, 0.3) is 11.0 Å². The molecule has 2 aromatic heterocycles. The van der Waals surface area contributed by atoms with E-state index in [2.05, 4.69) is 4.98 Å². The number of nitrogens with zero attached hydrogens (tertiary/aromatic N) is 2.